The van der Waals surface area contributed by atoms with Crippen LogP contribution in [-0.4, -0.2) is 27.3 Å². The number of fused-ring (bicyclic) bond motifs is 1. The predicted octanol–water partition coefficient (Wildman–Crippen LogP) is 5.37. The summed E-state index contributed by atoms with van der Waals surface area (Å²) >= 11 is 0. The Morgan fingerprint density at radius 3 is 2.41 bits per heavy atom. The summed E-state index contributed by atoms with van der Waals surface area (Å²) in [5, 5.41) is 2.07. The normalized spacial score (nSPS) is 22.5. The van der Waals surface area contributed by atoms with E-state index in [1.54, 1.807) is 6.07 Å². The molecule has 1 aliphatic carbocycles. The Labute approximate surface area is 170 Å². The van der Waals surface area contributed by atoms with Crippen LogP contribution >= 0.6 is 0 Å². The number of halogens is 3. The number of nitrogens with one attached hydrogen (secondary N) is 1. The quantitative estimate of drug-likeness (QED) is 0.524. The van der Waals surface area contributed by atoms with Gasteiger partial charge in [-0.25, -0.2) is 4.79 Å². The van der Waals surface area contributed by atoms with E-state index < -0.39 is 26.1 Å². The van der Waals surface area contributed by atoms with Crippen molar-refractivity contribution in [2.45, 2.75) is 63.5 Å². The maximum Gasteiger partial charge on any atom is 0.427 e. The fourth-order valence-corrected chi connectivity index (χ4v) is 3.72. The highest BCUT2D eigenvalue weighted by Crippen LogP contribution is 2.46. The number of benzene rings is 1. The second kappa shape index (κ2) is 7.06. The minimum Gasteiger partial charge on any atom is -0.399 e. The number of anilines is 1. The van der Waals surface area contributed by atoms with Gasteiger partial charge in [0.2, 0.25) is 5.54 Å². The van der Waals surface area contributed by atoms with Crippen molar-refractivity contribution in [3.05, 3.63) is 29.8 Å². The van der Waals surface area contributed by atoms with Gasteiger partial charge < -0.3 is 9.74 Å². The number of hydrogen-bond donors (Lipinski definition) is 1. The first-order valence-electron chi connectivity index (χ1n) is 9.71. The standard InChI is InChI=1S/C21H27F3N2O2Si/c1-19(2,3)29(4,5)28-14-26-17-9-7-6-8-16(17)20(21(22,23)24,25-18(26)27)13-12-15-10-11-15/h6-9,15H,10-11,14H2,1-5H3,(H,25,27). The summed E-state index contributed by atoms with van der Waals surface area (Å²) in [6, 6.07) is 5.19. The highest BCUT2D eigenvalue weighted by atomic mass is 28.4. The van der Waals surface area contributed by atoms with E-state index in [0.717, 1.165) is 12.8 Å². The van der Waals surface area contributed by atoms with Gasteiger partial charge in [0.1, 0.15) is 6.73 Å². The molecule has 29 heavy (non-hydrogen) atoms. The van der Waals surface area contributed by atoms with Gasteiger partial charge in [0.15, 0.2) is 8.32 Å². The molecule has 0 bridgehead atoms. The highest BCUT2D eigenvalue weighted by molar-refractivity contribution is 6.74. The molecule has 1 aromatic rings. The zero-order chi connectivity index (χ0) is 21.7. The third-order valence-corrected chi connectivity index (χ3v) is 10.4. The van der Waals surface area contributed by atoms with E-state index in [9.17, 15) is 18.0 Å². The molecule has 0 spiro atoms. The molecule has 1 heterocycles. The second-order valence-electron chi connectivity index (χ2n) is 9.20. The predicted molar refractivity (Wildman–Crippen MR) is 109 cm³/mol. The number of hydrogen-bond acceptors (Lipinski definition) is 2. The summed E-state index contributed by atoms with van der Waals surface area (Å²) in [6.07, 6.45) is -3.17. The molecule has 0 radical (unpaired) electrons. The molecule has 1 aliphatic heterocycles. The number of rotatable bonds is 3. The zero-order valence-corrected chi connectivity index (χ0v) is 18.4. The maximum atomic E-state index is 14.2. The van der Waals surface area contributed by atoms with Crippen molar-refractivity contribution >= 4 is 20.0 Å². The Morgan fingerprint density at radius 1 is 1.24 bits per heavy atom. The van der Waals surface area contributed by atoms with E-state index in [4.69, 9.17) is 4.43 Å². The summed E-state index contributed by atoms with van der Waals surface area (Å²) in [6.45, 7) is 10.1. The van der Waals surface area contributed by atoms with Gasteiger partial charge in [-0.1, -0.05) is 50.8 Å². The third kappa shape index (κ3) is 4.03. The highest BCUT2D eigenvalue weighted by Gasteiger charge is 2.60. The van der Waals surface area contributed by atoms with Crippen LogP contribution in [0.2, 0.25) is 18.1 Å². The summed E-state index contributed by atoms with van der Waals surface area (Å²) in [4.78, 5) is 14.1. The average Bonchev–Trinajstić information content (AvgIpc) is 3.41. The summed E-state index contributed by atoms with van der Waals surface area (Å²) in [5.41, 5.74) is -2.60. The number of carbonyl (C=O) groups excluding carboxylic acids is 1. The van der Waals surface area contributed by atoms with E-state index in [1.807, 2.05) is 13.1 Å². The molecular weight excluding hydrogens is 397 g/mol. The van der Waals surface area contributed by atoms with Crippen LogP contribution in [0.4, 0.5) is 23.7 Å². The molecule has 8 heteroatoms. The van der Waals surface area contributed by atoms with Crippen molar-refractivity contribution in [2.75, 3.05) is 11.6 Å². The molecule has 3 rings (SSSR count). The number of nitrogens with zero attached hydrogens (tertiary/aromatic N) is 1. The maximum absolute atomic E-state index is 14.2. The Bertz CT molecular complexity index is 863. The van der Waals surface area contributed by atoms with Gasteiger partial charge in [0, 0.05) is 11.5 Å². The molecule has 1 saturated carbocycles. The van der Waals surface area contributed by atoms with Crippen LogP contribution in [0.1, 0.15) is 39.2 Å². The zero-order valence-electron chi connectivity index (χ0n) is 17.4. The lowest BCUT2D eigenvalue weighted by Gasteiger charge is -2.43. The molecule has 1 N–H and O–H groups in total. The van der Waals surface area contributed by atoms with Crippen molar-refractivity contribution in [3.63, 3.8) is 0 Å². The van der Waals surface area contributed by atoms with Gasteiger partial charge in [-0.3, -0.25) is 4.90 Å². The van der Waals surface area contributed by atoms with Gasteiger partial charge >= 0.3 is 12.2 Å². The fourth-order valence-electron chi connectivity index (χ4n) is 2.83. The van der Waals surface area contributed by atoms with Crippen LogP contribution in [0, 0.1) is 17.8 Å². The molecule has 158 valence electrons. The van der Waals surface area contributed by atoms with Crippen molar-refractivity contribution in [3.8, 4) is 11.8 Å². The second-order valence-corrected chi connectivity index (χ2v) is 14.0. The van der Waals surface area contributed by atoms with E-state index >= 15 is 0 Å². The molecule has 2 aliphatic rings. The lowest BCUT2D eigenvalue weighted by molar-refractivity contribution is -0.179. The first-order valence-corrected chi connectivity index (χ1v) is 12.6. The summed E-state index contributed by atoms with van der Waals surface area (Å²) in [7, 11) is -2.21. The van der Waals surface area contributed by atoms with Gasteiger partial charge in [0.05, 0.1) is 5.69 Å². The lowest BCUT2D eigenvalue weighted by atomic mass is 9.86. The topological polar surface area (TPSA) is 41.6 Å². The Morgan fingerprint density at radius 2 is 1.86 bits per heavy atom. The average molecular weight is 425 g/mol. The van der Waals surface area contributed by atoms with Gasteiger partial charge in [0.25, 0.3) is 0 Å². The smallest absolute Gasteiger partial charge is 0.399 e. The van der Waals surface area contributed by atoms with Crippen LogP contribution in [-0.2, 0) is 9.96 Å². The van der Waals surface area contributed by atoms with E-state index in [-0.39, 0.29) is 28.9 Å². The molecule has 1 unspecified atom stereocenters. The number of alkyl halides is 3. The minimum absolute atomic E-state index is 0.0294. The first kappa shape index (κ1) is 21.7. The minimum atomic E-state index is -4.76. The molecular formula is C21H27F3N2O2Si. The van der Waals surface area contributed by atoms with Gasteiger partial charge in [-0.05, 0) is 37.0 Å². The van der Waals surface area contributed by atoms with Crippen molar-refractivity contribution < 1.29 is 22.4 Å². The number of carbonyl (C=O) groups is 1. The van der Waals surface area contributed by atoms with Crippen LogP contribution < -0.4 is 10.2 Å². The Balaban J connectivity index is 2.02. The van der Waals surface area contributed by atoms with Crippen LogP contribution in [0.3, 0.4) is 0 Å². The van der Waals surface area contributed by atoms with E-state index in [0.29, 0.717) is 0 Å². The third-order valence-electron chi connectivity index (χ3n) is 5.97. The molecule has 1 aromatic carbocycles. The van der Waals surface area contributed by atoms with Crippen LogP contribution in [0.5, 0.6) is 0 Å². The van der Waals surface area contributed by atoms with Crippen LogP contribution in [0.25, 0.3) is 0 Å². The van der Waals surface area contributed by atoms with E-state index in [2.05, 4.69) is 37.9 Å². The fraction of sp³-hybridized carbons (Fsp3) is 0.571. The SMILES string of the molecule is CC(C)(C)[Si](C)(C)OCN1C(=O)NC(C#CC2CC2)(C(F)(F)F)c2ccccc21. The largest absolute Gasteiger partial charge is 0.427 e. The van der Waals surface area contributed by atoms with Crippen LogP contribution in [0.15, 0.2) is 24.3 Å². The first-order chi connectivity index (χ1) is 13.3. The molecule has 1 fully saturated rings. The summed E-state index contributed by atoms with van der Waals surface area (Å²) < 4.78 is 48.8. The van der Waals surface area contributed by atoms with Gasteiger partial charge in [-0.2, -0.15) is 13.2 Å². The number of para-hydroxylation sites is 1. The summed E-state index contributed by atoms with van der Waals surface area (Å²) in [5.74, 6) is 5.04. The molecule has 0 saturated heterocycles. The van der Waals surface area contributed by atoms with Crippen molar-refractivity contribution in [1.82, 2.24) is 5.32 Å². The molecule has 2 amide bonds. The van der Waals surface area contributed by atoms with E-state index in [1.165, 1.54) is 23.1 Å². The van der Waals surface area contributed by atoms with Crippen molar-refractivity contribution in [2.24, 2.45) is 5.92 Å². The Hall–Kier alpha value is -1.98. The number of amides is 2. The lowest BCUT2D eigenvalue weighted by Crippen LogP contribution is -2.63. The van der Waals surface area contributed by atoms with Crippen molar-refractivity contribution in [1.29, 1.82) is 0 Å². The Kier molecular flexibility index (Phi) is 5.29. The molecule has 4 nitrogen and oxygen atoms in total. The molecule has 1 atom stereocenters. The molecule has 0 aromatic heterocycles. The number of urea groups is 1. The monoisotopic (exact) mass is 424 g/mol. The van der Waals surface area contributed by atoms with Gasteiger partial charge in [-0.15, -0.1) is 0 Å².